The molecule has 4 unspecified atom stereocenters. The third-order valence-electron chi connectivity index (χ3n) is 3.38. The zero-order valence-electron chi connectivity index (χ0n) is 12.2. The fraction of sp³-hybridized carbons (Fsp3) is 0.833. The first-order valence-corrected chi connectivity index (χ1v) is 6.57. The maximum Gasteiger partial charge on any atom is 0.366 e. The SMILES string of the molecule is COC(=O)C1(O)CC(O)[C@@H](NC(C)=O)C([C@H](O)C(O)CO)O1. The summed E-state index contributed by atoms with van der Waals surface area (Å²) in [7, 11) is 0.990. The number of rotatable bonds is 5. The van der Waals surface area contributed by atoms with Gasteiger partial charge in [0, 0.05) is 13.3 Å². The minimum Gasteiger partial charge on any atom is -0.465 e. The molecule has 6 atom stereocenters. The Morgan fingerprint density at radius 2 is 2.05 bits per heavy atom. The fourth-order valence-corrected chi connectivity index (χ4v) is 2.29. The van der Waals surface area contributed by atoms with E-state index in [2.05, 4.69) is 10.1 Å². The number of aliphatic hydroxyl groups is 5. The molecule has 10 heteroatoms. The van der Waals surface area contributed by atoms with Gasteiger partial charge in [-0.2, -0.15) is 0 Å². The third kappa shape index (κ3) is 3.91. The molecular weight excluding hydrogens is 302 g/mol. The summed E-state index contributed by atoms with van der Waals surface area (Å²) < 4.78 is 9.45. The number of aliphatic hydroxyl groups excluding tert-OH is 4. The van der Waals surface area contributed by atoms with Gasteiger partial charge in [0.2, 0.25) is 5.91 Å². The van der Waals surface area contributed by atoms with Crippen LogP contribution in [0.2, 0.25) is 0 Å². The Hall–Kier alpha value is -1.30. The molecule has 10 nitrogen and oxygen atoms in total. The van der Waals surface area contributed by atoms with Gasteiger partial charge in [-0.3, -0.25) is 4.79 Å². The van der Waals surface area contributed by atoms with Crippen molar-refractivity contribution in [2.45, 2.75) is 49.6 Å². The van der Waals surface area contributed by atoms with Gasteiger partial charge in [-0.1, -0.05) is 0 Å². The van der Waals surface area contributed by atoms with E-state index in [0.29, 0.717) is 0 Å². The van der Waals surface area contributed by atoms with Crippen LogP contribution in [0.1, 0.15) is 13.3 Å². The second kappa shape index (κ2) is 7.31. The van der Waals surface area contributed by atoms with Crippen molar-refractivity contribution in [2.24, 2.45) is 0 Å². The summed E-state index contributed by atoms with van der Waals surface area (Å²) in [6, 6.07) is -1.21. The molecule has 0 bridgehead atoms. The summed E-state index contributed by atoms with van der Waals surface area (Å²) in [5.41, 5.74) is 0. The van der Waals surface area contributed by atoms with Crippen molar-refractivity contribution in [1.82, 2.24) is 5.32 Å². The van der Waals surface area contributed by atoms with Crippen LogP contribution in [0, 0.1) is 0 Å². The molecule has 0 aromatic heterocycles. The molecule has 0 spiro atoms. The molecular formula is C12H21NO9. The van der Waals surface area contributed by atoms with Gasteiger partial charge in [-0.25, -0.2) is 4.79 Å². The zero-order chi connectivity index (χ0) is 17.1. The van der Waals surface area contributed by atoms with Gasteiger partial charge in [-0.15, -0.1) is 0 Å². The van der Waals surface area contributed by atoms with Crippen molar-refractivity contribution in [1.29, 1.82) is 0 Å². The van der Waals surface area contributed by atoms with Crippen LogP contribution < -0.4 is 5.32 Å². The molecule has 0 saturated carbocycles. The highest BCUT2D eigenvalue weighted by Crippen LogP contribution is 2.31. The topological polar surface area (TPSA) is 166 Å². The molecule has 0 aromatic carbocycles. The average Bonchev–Trinajstić information content (AvgIpc) is 2.46. The number of methoxy groups -OCH3 is 1. The smallest absolute Gasteiger partial charge is 0.366 e. The van der Waals surface area contributed by atoms with Crippen LogP contribution in [0.25, 0.3) is 0 Å². The maximum absolute atomic E-state index is 11.6. The summed E-state index contributed by atoms with van der Waals surface area (Å²) in [5, 5.41) is 50.8. The summed E-state index contributed by atoms with van der Waals surface area (Å²) in [6.07, 6.45) is -7.09. The van der Waals surface area contributed by atoms with E-state index in [0.717, 1.165) is 14.0 Å². The number of hydrogen-bond donors (Lipinski definition) is 6. The average molecular weight is 323 g/mol. The summed E-state index contributed by atoms with van der Waals surface area (Å²) >= 11 is 0. The molecule has 128 valence electrons. The molecule has 0 aliphatic carbocycles. The molecule has 1 aliphatic heterocycles. The lowest BCUT2D eigenvalue weighted by molar-refractivity contribution is -0.296. The van der Waals surface area contributed by atoms with Gasteiger partial charge in [0.15, 0.2) is 0 Å². The predicted molar refractivity (Wildman–Crippen MR) is 69.2 cm³/mol. The Bertz CT molecular complexity index is 417. The largest absolute Gasteiger partial charge is 0.465 e. The third-order valence-corrected chi connectivity index (χ3v) is 3.38. The zero-order valence-corrected chi connectivity index (χ0v) is 12.2. The number of nitrogens with one attached hydrogen (secondary N) is 1. The van der Waals surface area contributed by atoms with Crippen LogP contribution in [-0.4, -0.2) is 87.4 Å². The molecule has 1 aliphatic rings. The highest BCUT2D eigenvalue weighted by atomic mass is 16.7. The highest BCUT2D eigenvalue weighted by Gasteiger charge is 2.54. The van der Waals surface area contributed by atoms with Gasteiger partial charge in [-0.05, 0) is 0 Å². The number of amides is 1. The van der Waals surface area contributed by atoms with E-state index in [4.69, 9.17) is 9.84 Å². The van der Waals surface area contributed by atoms with E-state index in [1.165, 1.54) is 0 Å². The van der Waals surface area contributed by atoms with Crippen LogP contribution in [0.15, 0.2) is 0 Å². The monoisotopic (exact) mass is 323 g/mol. The van der Waals surface area contributed by atoms with Crippen molar-refractivity contribution in [3.8, 4) is 0 Å². The Morgan fingerprint density at radius 1 is 1.45 bits per heavy atom. The number of esters is 1. The molecule has 1 amide bonds. The van der Waals surface area contributed by atoms with Gasteiger partial charge < -0.3 is 40.3 Å². The van der Waals surface area contributed by atoms with E-state index in [1.54, 1.807) is 0 Å². The number of carbonyl (C=O) groups excluding carboxylic acids is 2. The van der Waals surface area contributed by atoms with Gasteiger partial charge in [0.05, 0.1) is 25.9 Å². The minimum absolute atomic E-state index is 0.563. The highest BCUT2D eigenvalue weighted by molar-refractivity contribution is 5.78. The van der Waals surface area contributed by atoms with Crippen molar-refractivity contribution < 1.29 is 44.6 Å². The van der Waals surface area contributed by atoms with Crippen molar-refractivity contribution >= 4 is 11.9 Å². The van der Waals surface area contributed by atoms with Crippen LogP contribution >= 0.6 is 0 Å². The van der Waals surface area contributed by atoms with Crippen molar-refractivity contribution in [2.75, 3.05) is 13.7 Å². The fourth-order valence-electron chi connectivity index (χ4n) is 2.29. The Kier molecular flexibility index (Phi) is 6.23. The van der Waals surface area contributed by atoms with Crippen molar-refractivity contribution in [3.63, 3.8) is 0 Å². The normalized spacial score (nSPS) is 34.6. The Labute approximate surface area is 126 Å². The van der Waals surface area contributed by atoms with E-state index in [9.17, 15) is 30.0 Å². The molecule has 1 saturated heterocycles. The van der Waals surface area contributed by atoms with E-state index in [1.807, 2.05) is 0 Å². The Morgan fingerprint density at radius 3 is 2.50 bits per heavy atom. The first-order chi connectivity index (χ1) is 10.2. The maximum atomic E-state index is 11.6. The van der Waals surface area contributed by atoms with Gasteiger partial charge >= 0.3 is 5.97 Å². The lowest BCUT2D eigenvalue weighted by Gasteiger charge is -2.45. The first kappa shape index (κ1) is 18.7. The van der Waals surface area contributed by atoms with Gasteiger partial charge in [0.25, 0.3) is 5.79 Å². The number of ether oxygens (including phenoxy) is 2. The summed E-state index contributed by atoms with van der Waals surface area (Å²) in [4.78, 5) is 22.8. The van der Waals surface area contributed by atoms with E-state index >= 15 is 0 Å². The summed E-state index contributed by atoms with van der Waals surface area (Å²) in [5.74, 6) is -4.32. The van der Waals surface area contributed by atoms with Crippen LogP contribution in [0.5, 0.6) is 0 Å². The van der Waals surface area contributed by atoms with Crippen LogP contribution in [0.4, 0.5) is 0 Å². The molecule has 1 heterocycles. The summed E-state index contributed by atoms with van der Waals surface area (Å²) in [6.45, 7) is 0.320. The molecule has 22 heavy (non-hydrogen) atoms. The van der Waals surface area contributed by atoms with E-state index in [-0.39, 0.29) is 0 Å². The Balaban J connectivity index is 3.09. The first-order valence-electron chi connectivity index (χ1n) is 6.57. The molecule has 0 aromatic rings. The standard InChI is InChI=1S/C12H21NO9/c1-5(15)13-8-6(16)3-12(20,11(19)21-2)22-10(8)9(18)7(17)4-14/h6-10,14,16-18,20H,3-4H2,1-2H3,(H,13,15)/t6?,7?,8-,9-,10?,12?/m1/s1. The molecule has 6 N–H and O–H groups in total. The molecule has 1 fully saturated rings. The number of carbonyl (C=O) groups is 2. The lowest BCUT2D eigenvalue weighted by atomic mass is 9.88. The molecule has 1 rings (SSSR count). The quantitative estimate of drug-likeness (QED) is 0.278. The van der Waals surface area contributed by atoms with E-state index < -0.39 is 61.1 Å². The van der Waals surface area contributed by atoms with Crippen molar-refractivity contribution in [3.05, 3.63) is 0 Å². The second-order valence-corrected chi connectivity index (χ2v) is 5.10. The molecule has 0 radical (unpaired) electrons. The number of hydrogen-bond acceptors (Lipinski definition) is 9. The second-order valence-electron chi connectivity index (χ2n) is 5.10. The van der Waals surface area contributed by atoms with Gasteiger partial charge in [0.1, 0.15) is 18.3 Å². The minimum atomic E-state index is -2.55. The van der Waals surface area contributed by atoms with Crippen LogP contribution in [-0.2, 0) is 19.1 Å². The van der Waals surface area contributed by atoms with Crippen LogP contribution in [0.3, 0.4) is 0 Å². The lowest BCUT2D eigenvalue weighted by Crippen LogP contribution is -2.67. The predicted octanol–water partition coefficient (Wildman–Crippen LogP) is -3.78.